The molecule has 2 aromatic heterocycles. The van der Waals surface area contributed by atoms with E-state index in [1.807, 2.05) is 23.1 Å². The second-order valence-corrected chi connectivity index (χ2v) is 8.07. The molecule has 2 amide bonds. The molecule has 0 aliphatic carbocycles. The van der Waals surface area contributed by atoms with Gasteiger partial charge in [-0.25, -0.2) is 4.79 Å². The van der Waals surface area contributed by atoms with Crippen LogP contribution in [0.15, 0.2) is 57.9 Å². The van der Waals surface area contributed by atoms with Gasteiger partial charge in [-0.05, 0) is 37.1 Å². The average Bonchev–Trinajstić information content (AvgIpc) is 3.42. The largest absolute Gasteiger partial charge is 0.420 e. The van der Waals surface area contributed by atoms with E-state index in [1.54, 1.807) is 35.4 Å². The van der Waals surface area contributed by atoms with Crippen LogP contribution in [0, 0.1) is 5.41 Å². The molecule has 0 N–H and O–H groups in total. The normalized spacial score (nSPS) is 21.3. The first kappa shape index (κ1) is 18.6. The molecule has 2 fully saturated rings. The Hall–Kier alpha value is -3.42. The van der Waals surface area contributed by atoms with Gasteiger partial charge in [0.05, 0.1) is 23.2 Å². The highest BCUT2D eigenvalue weighted by Crippen LogP contribution is 2.41. The van der Waals surface area contributed by atoms with Crippen molar-refractivity contribution in [2.75, 3.05) is 19.6 Å². The molecule has 8 nitrogen and oxygen atoms in total. The van der Waals surface area contributed by atoms with Gasteiger partial charge in [0.2, 0.25) is 11.8 Å². The summed E-state index contributed by atoms with van der Waals surface area (Å²) in [6.07, 6.45) is 3.11. The Kier molecular flexibility index (Phi) is 4.42. The third-order valence-corrected chi connectivity index (χ3v) is 6.25. The lowest BCUT2D eigenvalue weighted by Gasteiger charge is -2.23. The number of aromatic nitrogens is 2. The van der Waals surface area contributed by atoms with Crippen LogP contribution in [-0.4, -0.2) is 50.8 Å². The zero-order valence-corrected chi connectivity index (χ0v) is 16.5. The van der Waals surface area contributed by atoms with E-state index in [9.17, 15) is 14.4 Å². The van der Waals surface area contributed by atoms with E-state index in [4.69, 9.17) is 4.42 Å². The van der Waals surface area contributed by atoms with Crippen molar-refractivity contribution >= 4 is 22.9 Å². The maximum atomic E-state index is 13.1. The molecule has 154 valence electrons. The Bertz CT molecular complexity index is 1170. The highest BCUT2D eigenvalue weighted by molar-refractivity contribution is 5.87. The topological polar surface area (TPSA) is 88.7 Å². The molecular formula is C22H22N4O4. The van der Waals surface area contributed by atoms with Crippen LogP contribution in [0.25, 0.3) is 11.1 Å². The fourth-order valence-electron chi connectivity index (χ4n) is 4.59. The van der Waals surface area contributed by atoms with Crippen LogP contribution in [0.4, 0.5) is 0 Å². The summed E-state index contributed by atoms with van der Waals surface area (Å²) < 4.78 is 6.57. The molecule has 1 aromatic carbocycles. The second-order valence-electron chi connectivity index (χ2n) is 8.07. The lowest BCUT2D eigenvalue weighted by atomic mass is 9.85. The van der Waals surface area contributed by atoms with Crippen LogP contribution in [0.3, 0.4) is 0 Å². The van der Waals surface area contributed by atoms with Crippen molar-refractivity contribution < 1.29 is 14.0 Å². The summed E-state index contributed by atoms with van der Waals surface area (Å²) in [5, 5.41) is 0. The Balaban J connectivity index is 1.28. The molecule has 1 atom stereocenters. The fourth-order valence-corrected chi connectivity index (χ4v) is 4.59. The number of hydrogen-bond donors (Lipinski definition) is 0. The first-order valence-corrected chi connectivity index (χ1v) is 10.1. The van der Waals surface area contributed by atoms with Gasteiger partial charge in [-0.2, -0.15) is 0 Å². The summed E-state index contributed by atoms with van der Waals surface area (Å²) in [7, 11) is 0. The van der Waals surface area contributed by atoms with Crippen molar-refractivity contribution in [1.82, 2.24) is 19.4 Å². The average molecular weight is 406 g/mol. The summed E-state index contributed by atoms with van der Waals surface area (Å²) in [4.78, 5) is 46.1. The molecule has 1 unspecified atom stereocenters. The summed E-state index contributed by atoms with van der Waals surface area (Å²) in [6.45, 7) is 1.99. The number of amides is 2. The Morgan fingerprint density at radius 3 is 2.70 bits per heavy atom. The summed E-state index contributed by atoms with van der Waals surface area (Å²) >= 11 is 0. The van der Waals surface area contributed by atoms with Crippen LogP contribution in [0.5, 0.6) is 0 Å². The highest BCUT2D eigenvalue weighted by Gasteiger charge is 2.51. The first-order chi connectivity index (χ1) is 14.6. The highest BCUT2D eigenvalue weighted by atomic mass is 16.4. The number of carbonyl (C=O) groups is 2. The molecule has 4 heterocycles. The number of rotatable bonds is 4. The number of carbonyl (C=O) groups excluding carboxylic acids is 2. The quantitative estimate of drug-likeness (QED) is 0.657. The van der Waals surface area contributed by atoms with Crippen LogP contribution in [0.2, 0.25) is 0 Å². The number of likely N-dealkylation sites (tertiary alicyclic amines) is 2. The molecular weight excluding hydrogens is 384 g/mol. The molecule has 5 rings (SSSR count). The Morgan fingerprint density at radius 1 is 1.07 bits per heavy atom. The van der Waals surface area contributed by atoms with E-state index in [1.165, 1.54) is 4.57 Å². The van der Waals surface area contributed by atoms with Gasteiger partial charge >= 0.3 is 5.76 Å². The molecule has 2 saturated heterocycles. The van der Waals surface area contributed by atoms with E-state index in [2.05, 4.69) is 4.98 Å². The minimum absolute atomic E-state index is 0.0855. The molecule has 2 aliphatic heterocycles. The van der Waals surface area contributed by atoms with E-state index < -0.39 is 11.2 Å². The first-order valence-electron chi connectivity index (χ1n) is 10.1. The van der Waals surface area contributed by atoms with E-state index in [-0.39, 0.29) is 18.4 Å². The van der Waals surface area contributed by atoms with Gasteiger partial charge in [0.25, 0.3) is 0 Å². The van der Waals surface area contributed by atoms with E-state index >= 15 is 0 Å². The minimum atomic E-state index is -0.545. The molecule has 30 heavy (non-hydrogen) atoms. The summed E-state index contributed by atoms with van der Waals surface area (Å²) in [5.74, 6) is -0.622. The number of nitrogens with zero attached hydrogens (tertiary/aromatic N) is 4. The van der Waals surface area contributed by atoms with Crippen molar-refractivity contribution in [3.05, 3.63) is 64.9 Å². The molecule has 0 bridgehead atoms. The number of oxazole rings is 1. The predicted octanol–water partition coefficient (Wildman–Crippen LogP) is 1.64. The van der Waals surface area contributed by atoms with Crippen molar-refractivity contribution in [2.45, 2.75) is 25.9 Å². The molecule has 1 spiro atoms. The van der Waals surface area contributed by atoms with Gasteiger partial charge in [-0.3, -0.25) is 19.1 Å². The molecule has 0 saturated carbocycles. The van der Waals surface area contributed by atoms with Gasteiger partial charge in [0, 0.05) is 25.8 Å². The van der Waals surface area contributed by atoms with Crippen molar-refractivity contribution in [2.24, 2.45) is 5.41 Å². The zero-order chi connectivity index (χ0) is 20.7. The molecule has 8 heteroatoms. The fraction of sp³-hybridized carbons (Fsp3) is 0.364. The Morgan fingerprint density at radius 2 is 1.87 bits per heavy atom. The van der Waals surface area contributed by atoms with E-state index in [0.717, 1.165) is 12.1 Å². The zero-order valence-electron chi connectivity index (χ0n) is 16.5. The number of hydrogen-bond acceptors (Lipinski definition) is 5. The monoisotopic (exact) mass is 406 g/mol. The summed E-state index contributed by atoms with van der Waals surface area (Å²) in [6, 6.07) is 12.7. The molecule has 2 aliphatic rings. The summed E-state index contributed by atoms with van der Waals surface area (Å²) in [5.41, 5.74) is 1.40. The third kappa shape index (κ3) is 3.08. The predicted molar refractivity (Wildman–Crippen MR) is 108 cm³/mol. The maximum absolute atomic E-state index is 13.1. The van der Waals surface area contributed by atoms with Crippen LogP contribution in [0.1, 0.15) is 18.5 Å². The van der Waals surface area contributed by atoms with Gasteiger partial charge in [0.15, 0.2) is 5.58 Å². The lowest BCUT2D eigenvalue weighted by Crippen LogP contribution is -2.39. The number of pyridine rings is 1. The smallest absolute Gasteiger partial charge is 0.408 e. The number of fused-ring (bicyclic) bond motifs is 1. The number of para-hydroxylation sites is 2. The third-order valence-electron chi connectivity index (χ3n) is 6.25. The second kappa shape index (κ2) is 7.12. The molecule has 0 radical (unpaired) electrons. The van der Waals surface area contributed by atoms with Gasteiger partial charge in [-0.15, -0.1) is 0 Å². The van der Waals surface area contributed by atoms with Crippen molar-refractivity contribution in [3.8, 4) is 0 Å². The van der Waals surface area contributed by atoms with Gasteiger partial charge < -0.3 is 14.2 Å². The SMILES string of the molecule is O=C(Cn1c(=O)oc2ccccc21)N1CCC2(CCN(Cc3ccccn3)C2=O)C1. The lowest BCUT2D eigenvalue weighted by molar-refractivity contribution is -0.137. The van der Waals surface area contributed by atoms with Crippen LogP contribution >= 0.6 is 0 Å². The van der Waals surface area contributed by atoms with Gasteiger partial charge in [-0.1, -0.05) is 18.2 Å². The van der Waals surface area contributed by atoms with Crippen LogP contribution in [-0.2, 0) is 22.7 Å². The number of benzene rings is 1. The van der Waals surface area contributed by atoms with E-state index in [0.29, 0.717) is 43.7 Å². The molecule has 3 aromatic rings. The van der Waals surface area contributed by atoms with Gasteiger partial charge in [0.1, 0.15) is 6.54 Å². The van der Waals surface area contributed by atoms with Crippen LogP contribution < -0.4 is 5.76 Å². The standard InChI is InChI=1S/C22H22N4O4/c27-19(14-26-17-6-1-2-7-18(17)30-21(26)29)25-12-9-22(15-25)8-11-24(20(22)28)13-16-5-3-4-10-23-16/h1-7,10H,8-9,11-15H2. The van der Waals surface area contributed by atoms with Crippen molar-refractivity contribution in [3.63, 3.8) is 0 Å². The maximum Gasteiger partial charge on any atom is 0.420 e. The van der Waals surface area contributed by atoms with Crippen molar-refractivity contribution in [1.29, 1.82) is 0 Å². The minimum Gasteiger partial charge on any atom is -0.408 e. The Labute approximate surface area is 172 Å².